The molecule has 2 heterocycles. The van der Waals surface area contributed by atoms with E-state index in [1.54, 1.807) is 0 Å². The topological polar surface area (TPSA) is 69.6 Å². The molecule has 0 radical (unpaired) electrons. The highest BCUT2D eigenvalue weighted by molar-refractivity contribution is 6.05. The first-order valence-electron chi connectivity index (χ1n) is 5.42. The van der Waals surface area contributed by atoms with Crippen LogP contribution in [0.15, 0.2) is 0 Å². The SMILES string of the molecule is O=C1CC(N2CCCCC2CO)C(=O)N1. The van der Waals surface area contributed by atoms with Gasteiger partial charge in [-0.2, -0.15) is 0 Å². The van der Waals surface area contributed by atoms with Crippen LogP contribution in [0.25, 0.3) is 0 Å². The molecule has 2 atom stereocenters. The molecule has 2 rings (SSSR count). The van der Waals surface area contributed by atoms with Crippen molar-refractivity contribution < 1.29 is 14.7 Å². The molecule has 2 unspecified atom stereocenters. The molecule has 0 aromatic rings. The Bertz CT molecular complexity index is 280. The number of nitrogens with zero attached hydrogens (tertiary/aromatic N) is 1. The molecule has 0 bridgehead atoms. The van der Waals surface area contributed by atoms with Crippen molar-refractivity contribution in [3.05, 3.63) is 0 Å². The summed E-state index contributed by atoms with van der Waals surface area (Å²) in [5.74, 6) is -0.410. The first kappa shape index (κ1) is 10.6. The first-order valence-corrected chi connectivity index (χ1v) is 5.42. The highest BCUT2D eigenvalue weighted by atomic mass is 16.3. The van der Waals surface area contributed by atoms with Crippen molar-refractivity contribution >= 4 is 11.8 Å². The van der Waals surface area contributed by atoms with Crippen LogP contribution in [0.4, 0.5) is 0 Å². The predicted molar refractivity (Wildman–Crippen MR) is 53.0 cm³/mol. The second-order valence-electron chi connectivity index (χ2n) is 4.20. The zero-order chi connectivity index (χ0) is 10.8. The summed E-state index contributed by atoms with van der Waals surface area (Å²) >= 11 is 0. The van der Waals surface area contributed by atoms with Gasteiger partial charge in [-0.3, -0.25) is 19.8 Å². The average molecular weight is 212 g/mol. The molecule has 0 aromatic heterocycles. The van der Waals surface area contributed by atoms with Gasteiger partial charge in [0.05, 0.1) is 19.1 Å². The summed E-state index contributed by atoms with van der Waals surface area (Å²) in [4.78, 5) is 24.5. The van der Waals surface area contributed by atoms with Gasteiger partial charge < -0.3 is 5.11 Å². The zero-order valence-corrected chi connectivity index (χ0v) is 8.61. The fourth-order valence-corrected chi connectivity index (χ4v) is 2.44. The summed E-state index contributed by atoms with van der Waals surface area (Å²) in [6.45, 7) is 0.870. The van der Waals surface area contributed by atoms with E-state index in [-0.39, 0.29) is 36.9 Å². The number of rotatable bonds is 2. The molecule has 84 valence electrons. The number of aliphatic hydroxyl groups is 1. The van der Waals surface area contributed by atoms with Crippen LogP contribution in [0.2, 0.25) is 0 Å². The fraction of sp³-hybridized carbons (Fsp3) is 0.800. The summed E-state index contributed by atoms with van der Waals surface area (Å²) in [5.41, 5.74) is 0. The van der Waals surface area contributed by atoms with E-state index in [4.69, 9.17) is 0 Å². The van der Waals surface area contributed by atoms with Gasteiger partial charge >= 0.3 is 0 Å². The Kier molecular flexibility index (Phi) is 3.02. The lowest BCUT2D eigenvalue weighted by Gasteiger charge is -2.37. The third-order valence-electron chi connectivity index (χ3n) is 3.23. The van der Waals surface area contributed by atoms with Crippen molar-refractivity contribution in [2.24, 2.45) is 0 Å². The van der Waals surface area contributed by atoms with Crippen LogP contribution in [0.1, 0.15) is 25.7 Å². The van der Waals surface area contributed by atoms with Crippen molar-refractivity contribution in [3.8, 4) is 0 Å². The van der Waals surface area contributed by atoms with Gasteiger partial charge in [0.2, 0.25) is 11.8 Å². The lowest BCUT2D eigenvalue weighted by atomic mass is 9.99. The van der Waals surface area contributed by atoms with Gasteiger partial charge in [-0.05, 0) is 19.4 Å². The van der Waals surface area contributed by atoms with Crippen LogP contribution in [0, 0.1) is 0 Å². The fourth-order valence-electron chi connectivity index (χ4n) is 2.44. The number of amides is 2. The van der Waals surface area contributed by atoms with Crippen molar-refractivity contribution in [2.75, 3.05) is 13.2 Å². The highest BCUT2D eigenvalue weighted by Gasteiger charge is 2.38. The number of likely N-dealkylation sites (tertiary alicyclic amines) is 1. The van der Waals surface area contributed by atoms with Gasteiger partial charge in [-0.15, -0.1) is 0 Å². The van der Waals surface area contributed by atoms with Crippen molar-refractivity contribution in [1.82, 2.24) is 10.2 Å². The molecule has 0 aliphatic carbocycles. The molecule has 2 N–H and O–H groups in total. The summed E-state index contributed by atoms with van der Waals surface area (Å²) in [7, 11) is 0. The Morgan fingerprint density at radius 3 is 2.80 bits per heavy atom. The number of aliphatic hydroxyl groups excluding tert-OH is 1. The van der Waals surface area contributed by atoms with E-state index in [1.807, 2.05) is 4.90 Å². The Labute approximate surface area is 88.4 Å². The maximum atomic E-state index is 11.5. The van der Waals surface area contributed by atoms with Crippen LogP contribution >= 0.6 is 0 Å². The molecule has 2 amide bonds. The second kappa shape index (κ2) is 4.28. The van der Waals surface area contributed by atoms with E-state index in [1.165, 1.54) is 0 Å². The third-order valence-corrected chi connectivity index (χ3v) is 3.23. The van der Waals surface area contributed by atoms with Gasteiger partial charge in [0.15, 0.2) is 0 Å². The number of carbonyl (C=O) groups is 2. The molecular weight excluding hydrogens is 196 g/mol. The summed E-state index contributed by atoms with van der Waals surface area (Å²) in [5, 5.41) is 11.5. The van der Waals surface area contributed by atoms with E-state index in [0.29, 0.717) is 0 Å². The van der Waals surface area contributed by atoms with E-state index in [2.05, 4.69) is 5.32 Å². The van der Waals surface area contributed by atoms with Gasteiger partial charge in [-0.1, -0.05) is 6.42 Å². The van der Waals surface area contributed by atoms with Crippen LogP contribution in [-0.2, 0) is 9.59 Å². The van der Waals surface area contributed by atoms with Crippen molar-refractivity contribution in [3.63, 3.8) is 0 Å². The minimum Gasteiger partial charge on any atom is -0.395 e. The van der Waals surface area contributed by atoms with Crippen LogP contribution in [0.3, 0.4) is 0 Å². The molecule has 15 heavy (non-hydrogen) atoms. The van der Waals surface area contributed by atoms with Crippen LogP contribution in [0.5, 0.6) is 0 Å². The van der Waals surface area contributed by atoms with Crippen LogP contribution in [-0.4, -0.2) is 47.1 Å². The normalized spacial score (nSPS) is 33.1. The quantitative estimate of drug-likeness (QED) is 0.591. The van der Waals surface area contributed by atoms with E-state index in [9.17, 15) is 14.7 Å². The van der Waals surface area contributed by atoms with Gasteiger partial charge in [-0.25, -0.2) is 0 Å². The minimum atomic E-state index is -0.352. The van der Waals surface area contributed by atoms with Gasteiger partial charge in [0.1, 0.15) is 0 Å². The monoisotopic (exact) mass is 212 g/mol. The average Bonchev–Trinajstić information content (AvgIpc) is 2.57. The number of carbonyl (C=O) groups excluding carboxylic acids is 2. The minimum absolute atomic E-state index is 0.0420. The summed E-state index contributed by atoms with van der Waals surface area (Å²) in [6.07, 6.45) is 3.28. The first-order chi connectivity index (χ1) is 7.22. The molecule has 2 fully saturated rings. The number of nitrogens with one attached hydrogen (secondary N) is 1. The number of hydrogen-bond acceptors (Lipinski definition) is 4. The molecular formula is C10H16N2O3. The number of hydrogen-bond donors (Lipinski definition) is 2. The molecule has 2 saturated heterocycles. The van der Waals surface area contributed by atoms with E-state index >= 15 is 0 Å². The predicted octanol–water partition coefficient (Wildman–Crippen LogP) is -0.752. The highest BCUT2D eigenvalue weighted by Crippen LogP contribution is 2.22. The third kappa shape index (κ3) is 2.03. The Hall–Kier alpha value is -0.940. The molecule has 2 aliphatic rings. The standard InChI is InChI=1S/C10H16N2O3/c13-6-7-3-1-2-4-12(7)8-5-9(14)11-10(8)15/h7-8,13H,1-6H2,(H,11,14,15). The summed E-state index contributed by atoms with van der Waals surface area (Å²) in [6, 6.07) is -0.310. The molecule has 0 saturated carbocycles. The Morgan fingerprint density at radius 2 is 2.20 bits per heavy atom. The Morgan fingerprint density at radius 1 is 1.40 bits per heavy atom. The van der Waals surface area contributed by atoms with Crippen LogP contribution < -0.4 is 5.32 Å². The lowest BCUT2D eigenvalue weighted by molar-refractivity contribution is -0.127. The molecule has 2 aliphatic heterocycles. The van der Waals surface area contributed by atoms with Crippen molar-refractivity contribution in [1.29, 1.82) is 0 Å². The van der Waals surface area contributed by atoms with E-state index < -0.39 is 0 Å². The zero-order valence-electron chi connectivity index (χ0n) is 8.61. The molecule has 0 aromatic carbocycles. The maximum Gasteiger partial charge on any atom is 0.244 e. The second-order valence-corrected chi connectivity index (χ2v) is 4.20. The molecule has 0 spiro atoms. The molecule has 5 heteroatoms. The van der Waals surface area contributed by atoms with Crippen molar-refractivity contribution in [2.45, 2.75) is 37.8 Å². The Balaban J connectivity index is 2.07. The number of piperidine rings is 1. The lowest BCUT2D eigenvalue weighted by Crippen LogP contribution is -2.50. The summed E-state index contributed by atoms with van der Waals surface area (Å²) < 4.78 is 0. The smallest absolute Gasteiger partial charge is 0.244 e. The molecule has 5 nitrogen and oxygen atoms in total. The number of imide groups is 1. The maximum absolute atomic E-state index is 11.5. The largest absolute Gasteiger partial charge is 0.395 e. The van der Waals surface area contributed by atoms with Gasteiger partial charge in [0, 0.05) is 6.04 Å². The van der Waals surface area contributed by atoms with Gasteiger partial charge in [0.25, 0.3) is 0 Å². The van der Waals surface area contributed by atoms with E-state index in [0.717, 1.165) is 25.8 Å².